The maximum atomic E-state index is 15.0. The van der Waals surface area contributed by atoms with E-state index in [0.29, 0.717) is 17.0 Å². The molecule has 5 aromatic rings. The highest BCUT2D eigenvalue weighted by Gasteiger charge is 2.26. The van der Waals surface area contributed by atoms with Gasteiger partial charge in [-0.05, 0) is 12.1 Å². The van der Waals surface area contributed by atoms with Crippen molar-refractivity contribution in [1.29, 1.82) is 0 Å². The number of nitrogens with zero attached hydrogens (tertiary/aromatic N) is 4. The SMILES string of the molecule is Cc1nc2cc(Cl)c(NC(=O)Cn3cc(-c4cc(C(N)=O)c(O)c(F)c4F)c4c(=O)n(C)cnc43)cc2o1. The summed E-state index contributed by atoms with van der Waals surface area (Å²) in [4.78, 5) is 46.0. The van der Waals surface area contributed by atoms with Gasteiger partial charge in [-0.2, -0.15) is 4.39 Å². The fourth-order valence-corrected chi connectivity index (χ4v) is 4.30. The third-order valence-corrected chi connectivity index (χ3v) is 6.16. The first-order valence-corrected chi connectivity index (χ1v) is 11.3. The van der Waals surface area contributed by atoms with Gasteiger partial charge in [0.25, 0.3) is 11.5 Å². The van der Waals surface area contributed by atoms with Crippen LogP contribution in [0.25, 0.3) is 33.3 Å². The number of hydrogen-bond donors (Lipinski definition) is 3. The van der Waals surface area contributed by atoms with Gasteiger partial charge in [0.15, 0.2) is 23.0 Å². The standard InChI is InChI=1S/C24H17ClF2N6O5/c1-9-30-15-4-13(25)14(5-16(15)38-9)31-17(34)7-33-6-12(18-23(33)29-8-32(2)24(18)37)10-3-11(22(28)36)21(35)20(27)19(10)26/h3-6,8,35H,7H2,1-2H3,(H2,28,36)(H,31,34). The molecule has 2 amide bonds. The number of anilines is 1. The van der Waals surface area contributed by atoms with Crippen molar-refractivity contribution >= 4 is 51.2 Å². The summed E-state index contributed by atoms with van der Waals surface area (Å²) < 4.78 is 37.2. The minimum absolute atomic E-state index is 0.0147. The average molecular weight is 543 g/mol. The van der Waals surface area contributed by atoms with Crippen LogP contribution < -0.4 is 16.6 Å². The molecular weight excluding hydrogens is 526 g/mol. The van der Waals surface area contributed by atoms with Crippen molar-refractivity contribution < 1.29 is 27.9 Å². The highest BCUT2D eigenvalue weighted by atomic mass is 35.5. The summed E-state index contributed by atoms with van der Waals surface area (Å²) in [6.45, 7) is 1.25. The number of nitrogens with one attached hydrogen (secondary N) is 1. The van der Waals surface area contributed by atoms with E-state index in [1.807, 2.05) is 0 Å². The number of aromatic hydroxyl groups is 1. The van der Waals surface area contributed by atoms with Crippen molar-refractivity contribution in [3.63, 3.8) is 0 Å². The molecule has 0 unspecified atom stereocenters. The first-order valence-electron chi connectivity index (χ1n) is 10.9. The molecule has 0 radical (unpaired) electrons. The van der Waals surface area contributed by atoms with Crippen LogP contribution in [-0.2, 0) is 18.4 Å². The number of benzene rings is 2. The molecule has 0 atom stereocenters. The van der Waals surface area contributed by atoms with Gasteiger partial charge in [0, 0.05) is 37.4 Å². The van der Waals surface area contributed by atoms with Crippen LogP contribution in [0.4, 0.5) is 14.5 Å². The lowest BCUT2D eigenvalue weighted by Crippen LogP contribution is -2.20. The number of aromatic nitrogens is 4. The Hall–Kier alpha value is -4.78. The van der Waals surface area contributed by atoms with Crippen LogP contribution in [-0.4, -0.2) is 36.0 Å². The average Bonchev–Trinajstić information content (AvgIpc) is 3.39. The normalized spacial score (nSPS) is 11.4. The second-order valence-corrected chi connectivity index (χ2v) is 8.83. The molecule has 4 N–H and O–H groups in total. The Balaban J connectivity index is 1.60. The third kappa shape index (κ3) is 4.02. The quantitative estimate of drug-likeness (QED) is 0.307. The smallest absolute Gasteiger partial charge is 0.263 e. The van der Waals surface area contributed by atoms with E-state index in [-0.39, 0.29) is 27.3 Å². The summed E-state index contributed by atoms with van der Waals surface area (Å²) in [6.07, 6.45) is 2.41. The lowest BCUT2D eigenvalue weighted by atomic mass is 10.0. The predicted molar refractivity (Wildman–Crippen MR) is 133 cm³/mol. The van der Waals surface area contributed by atoms with Gasteiger partial charge in [-0.1, -0.05) is 11.6 Å². The highest BCUT2D eigenvalue weighted by molar-refractivity contribution is 6.34. The minimum atomic E-state index is -1.72. The molecule has 0 saturated heterocycles. The van der Waals surface area contributed by atoms with Gasteiger partial charge in [0.1, 0.15) is 17.7 Å². The van der Waals surface area contributed by atoms with Crippen molar-refractivity contribution in [3.05, 3.63) is 69.2 Å². The topological polar surface area (TPSA) is 158 Å². The number of halogens is 3. The molecule has 194 valence electrons. The van der Waals surface area contributed by atoms with Crippen molar-refractivity contribution in [2.45, 2.75) is 13.5 Å². The van der Waals surface area contributed by atoms with Crippen LogP contribution in [0.3, 0.4) is 0 Å². The maximum absolute atomic E-state index is 15.0. The van der Waals surface area contributed by atoms with Gasteiger partial charge in [0.2, 0.25) is 11.7 Å². The molecule has 3 heterocycles. The first-order chi connectivity index (χ1) is 18.0. The molecule has 0 aliphatic rings. The minimum Gasteiger partial charge on any atom is -0.504 e. The fourth-order valence-electron chi connectivity index (χ4n) is 4.09. The Labute approximate surface area is 216 Å². The summed E-state index contributed by atoms with van der Waals surface area (Å²) in [5, 5.41) is 12.5. The molecule has 0 spiro atoms. The zero-order valence-corrected chi connectivity index (χ0v) is 20.4. The number of aryl methyl sites for hydroxylation is 2. The van der Waals surface area contributed by atoms with E-state index in [2.05, 4.69) is 15.3 Å². The molecule has 0 aliphatic heterocycles. The number of amides is 2. The second-order valence-electron chi connectivity index (χ2n) is 8.42. The van der Waals surface area contributed by atoms with Crippen LogP contribution in [0.15, 0.2) is 39.9 Å². The van der Waals surface area contributed by atoms with Gasteiger partial charge in [0.05, 0.1) is 28.0 Å². The molecule has 3 aromatic heterocycles. The van der Waals surface area contributed by atoms with Crippen LogP contribution in [0.2, 0.25) is 5.02 Å². The van der Waals surface area contributed by atoms with E-state index in [1.54, 1.807) is 6.92 Å². The van der Waals surface area contributed by atoms with Gasteiger partial charge >= 0.3 is 0 Å². The summed E-state index contributed by atoms with van der Waals surface area (Å²) in [6, 6.07) is 3.86. The number of carbonyl (C=O) groups excluding carboxylic acids is 2. The van der Waals surface area contributed by atoms with Crippen molar-refractivity contribution in [2.24, 2.45) is 12.8 Å². The summed E-state index contributed by atoms with van der Waals surface area (Å²) in [5.41, 5.74) is 4.30. The summed E-state index contributed by atoms with van der Waals surface area (Å²) in [5.74, 6) is -5.90. The van der Waals surface area contributed by atoms with Crippen molar-refractivity contribution in [2.75, 3.05) is 5.32 Å². The lowest BCUT2D eigenvalue weighted by Gasteiger charge is -2.09. The zero-order chi connectivity index (χ0) is 27.5. The van der Waals surface area contributed by atoms with E-state index in [1.165, 1.54) is 36.3 Å². The number of phenols is 1. The Bertz CT molecular complexity index is 1880. The number of hydrogen-bond acceptors (Lipinski definition) is 7. The number of carbonyl (C=O) groups is 2. The molecule has 5 rings (SSSR count). The Kier molecular flexibility index (Phi) is 5.87. The Morgan fingerprint density at radius 1 is 1.21 bits per heavy atom. The van der Waals surface area contributed by atoms with Gasteiger partial charge in [-0.25, -0.2) is 14.4 Å². The number of fused-ring (bicyclic) bond motifs is 2. The highest BCUT2D eigenvalue weighted by Crippen LogP contribution is 2.36. The Morgan fingerprint density at radius 2 is 1.95 bits per heavy atom. The molecular formula is C24H17ClF2N6O5. The van der Waals surface area contributed by atoms with E-state index < -0.39 is 52.4 Å². The molecule has 14 heteroatoms. The molecule has 0 aliphatic carbocycles. The predicted octanol–water partition coefficient (Wildman–Crippen LogP) is 3.23. The Morgan fingerprint density at radius 3 is 2.66 bits per heavy atom. The lowest BCUT2D eigenvalue weighted by molar-refractivity contribution is -0.116. The van der Waals surface area contributed by atoms with Gasteiger partial charge < -0.3 is 29.7 Å². The van der Waals surface area contributed by atoms with Gasteiger partial charge in [-0.3, -0.25) is 14.4 Å². The number of rotatable bonds is 5. The van der Waals surface area contributed by atoms with Crippen LogP contribution >= 0.6 is 11.6 Å². The molecule has 0 saturated carbocycles. The summed E-state index contributed by atoms with van der Waals surface area (Å²) in [7, 11) is 1.40. The monoisotopic (exact) mass is 542 g/mol. The largest absolute Gasteiger partial charge is 0.504 e. The molecule has 11 nitrogen and oxygen atoms in total. The molecule has 38 heavy (non-hydrogen) atoms. The molecule has 0 bridgehead atoms. The van der Waals surface area contributed by atoms with E-state index in [4.69, 9.17) is 21.8 Å². The second kappa shape index (κ2) is 8.95. The van der Waals surface area contributed by atoms with Crippen molar-refractivity contribution in [3.8, 4) is 16.9 Å². The van der Waals surface area contributed by atoms with Crippen LogP contribution in [0.1, 0.15) is 16.2 Å². The summed E-state index contributed by atoms with van der Waals surface area (Å²) >= 11 is 6.27. The maximum Gasteiger partial charge on any atom is 0.263 e. The fraction of sp³-hybridized carbons (Fsp3) is 0.125. The zero-order valence-electron chi connectivity index (χ0n) is 19.7. The van der Waals surface area contributed by atoms with Crippen LogP contribution in [0, 0.1) is 18.6 Å². The third-order valence-electron chi connectivity index (χ3n) is 5.85. The van der Waals surface area contributed by atoms with E-state index in [9.17, 15) is 28.3 Å². The molecule has 2 aromatic carbocycles. The number of oxazole rings is 1. The molecule has 0 fully saturated rings. The van der Waals surface area contributed by atoms with E-state index in [0.717, 1.165) is 10.6 Å². The van der Waals surface area contributed by atoms with Gasteiger partial charge in [-0.15, -0.1) is 0 Å². The van der Waals surface area contributed by atoms with Crippen LogP contribution in [0.5, 0.6) is 5.75 Å². The van der Waals surface area contributed by atoms with E-state index >= 15 is 0 Å². The first kappa shape index (κ1) is 24.9. The number of nitrogens with two attached hydrogens (primary N) is 1. The van der Waals surface area contributed by atoms with Crippen molar-refractivity contribution in [1.82, 2.24) is 19.1 Å². The number of primary amides is 1.